The molecule has 0 fully saturated rings. The Balaban J connectivity index is 1.57. The first-order valence-corrected chi connectivity index (χ1v) is 8.24. The molecule has 2 heterocycles. The number of nitrogens with one attached hydrogen (secondary N) is 1. The van der Waals surface area contributed by atoms with Crippen molar-refractivity contribution >= 4 is 22.4 Å². The standard InChI is InChI=1S/C16H16N4O2S/c1-2-11-3-5-12(6-4-11)15-19-14(22-20-15)8-7-13(21)18-16-17-9-10-23-16/h3-6,9-10H,2,7-8H2,1H3,(H,17,18,21). The average Bonchev–Trinajstić information content (AvgIpc) is 3.25. The summed E-state index contributed by atoms with van der Waals surface area (Å²) in [4.78, 5) is 20.1. The molecule has 1 N–H and O–H groups in total. The average molecular weight is 328 g/mol. The number of amides is 1. The third-order valence-corrected chi connectivity index (χ3v) is 4.02. The molecule has 0 aliphatic rings. The van der Waals surface area contributed by atoms with Gasteiger partial charge in [0.05, 0.1) is 0 Å². The minimum Gasteiger partial charge on any atom is -0.339 e. The van der Waals surface area contributed by atoms with Crippen LogP contribution in [0.2, 0.25) is 0 Å². The van der Waals surface area contributed by atoms with Crippen LogP contribution in [0.5, 0.6) is 0 Å². The number of nitrogens with zero attached hydrogens (tertiary/aromatic N) is 3. The number of aryl methyl sites for hydroxylation is 2. The Hall–Kier alpha value is -2.54. The second-order valence-corrected chi connectivity index (χ2v) is 5.84. The summed E-state index contributed by atoms with van der Waals surface area (Å²) in [6.07, 6.45) is 3.31. The van der Waals surface area contributed by atoms with E-state index >= 15 is 0 Å². The predicted molar refractivity (Wildman–Crippen MR) is 88.2 cm³/mol. The molecule has 118 valence electrons. The van der Waals surface area contributed by atoms with Crippen molar-refractivity contribution in [3.8, 4) is 11.4 Å². The number of aromatic nitrogens is 3. The minimum absolute atomic E-state index is 0.119. The second kappa shape index (κ2) is 7.15. The van der Waals surface area contributed by atoms with E-state index in [1.54, 1.807) is 6.20 Å². The maximum Gasteiger partial charge on any atom is 0.227 e. The number of hydrogen-bond donors (Lipinski definition) is 1. The summed E-state index contributed by atoms with van der Waals surface area (Å²) in [5.74, 6) is 0.879. The largest absolute Gasteiger partial charge is 0.339 e. The number of carbonyl (C=O) groups excluding carboxylic acids is 1. The zero-order valence-electron chi connectivity index (χ0n) is 12.7. The highest BCUT2D eigenvalue weighted by Crippen LogP contribution is 2.17. The third kappa shape index (κ3) is 4.01. The van der Waals surface area contributed by atoms with E-state index in [-0.39, 0.29) is 12.3 Å². The Kier molecular flexibility index (Phi) is 4.77. The van der Waals surface area contributed by atoms with Gasteiger partial charge in [-0.25, -0.2) is 4.98 Å². The molecule has 1 amide bonds. The highest BCUT2D eigenvalue weighted by Gasteiger charge is 2.11. The van der Waals surface area contributed by atoms with Crippen LogP contribution in [0.15, 0.2) is 40.4 Å². The quantitative estimate of drug-likeness (QED) is 0.750. The topological polar surface area (TPSA) is 80.9 Å². The van der Waals surface area contributed by atoms with E-state index in [9.17, 15) is 4.79 Å². The molecule has 2 aromatic heterocycles. The van der Waals surface area contributed by atoms with Gasteiger partial charge in [0.1, 0.15) is 0 Å². The molecule has 0 radical (unpaired) electrons. The highest BCUT2D eigenvalue weighted by molar-refractivity contribution is 7.13. The number of anilines is 1. The summed E-state index contributed by atoms with van der Waals surface area (Å²) < 4.78 is 5.21. The Morgan fingerprint density at radius 1 is 1.30 bits per heavy atom. The molecule has 1 aromatic carbocycles. The lowest BCUT2D eigenvalue weighted by atomic mass is 10.1. The van der Waals surface area contributed by atoms with Crippen molar-refractivity contribution in [3.63, 3.8) is 0 Å². The maximum absolute atomic E-state index is 11.8. The van der Waals surface area contributed by atoms with E-state index in [0.29, 0.717) is 23.3 Å². The van der Waals surface area contributed by atoms with E-state index in [2.05, 4.69) is 27.4 Å². The fourth-order valence-corrected chi connectivity index (χ4v) is 2.60. The van der Waals surface area contributed by atoms with Gasteiger partial charge in [0.2, 0.25) is 17.6 Å². The van der Waals surface area contributed by atoms with Crippen LogP contribution in [-0.2, 0) is 17.6 Å². The summed E-state index contributed by atoms with van der Waals surface area (Å²) in [6.45, 7) is 2.11. The second-order valence-electron chi connectivity index (χ2n) is 4.95. The summed E-state index contributed by atoms with van der Waals surface area (Å²) in [5.41, 5.74) is 2.17. The molecule has 23 heavy (non-hydrogen) atoms. The van der Waals surface area contributed by atoms with Gasteiger partial charge in [-0.05, 0) is 12.0 Å². The van der Waals surface area contributed by atoms with Gasteiger partial charge in [-0.2, -0.15) is 4.98 Å². The summed E-state index contributed by atoms with van der Waals surface area (Å²) in [7, 11) is 0. The minimum atomic E-state index is -0.119. The molecule has 0 spiro atoms. The van der Waals surface area contributed by atoms with Gasteiger partial charge in [-0.15, -0.1) is 11.3 Å². The number of rotatable bonds is 6. The Morgan fingerprint density at radius 3 is 2.83 bits per heavy atom. The molecule has 3 aromatic rings. The molecule has 0 aliphatic carbocycles. The van der Waals surface area contributed by atoms with Crippen LogP contribution in [0.25, 0.3) is 11.4 Å². The van der Waals surface area contributed by atoms with Crippen molar-refractivity contribution in [1.82, 2.24) is 15.1 Å². The highest BCUT2D eigenvalue weighted by atomic mass is 32.1. The number of thiazole rings is 1. The summed E-state index contributed by atoms with van der Waals surface area (Å²) in [6, 6.07) is 8.05. The molecule has 0 unspecified atom stereocenters. The first-order chi connectivity index (χ1) is 11.2. The molecule has 0 atom stereocenters. The predicted octanol–water partition coefficient (Wildman–Crippen LogP) is 3.33. The van der Waals surface area contributed by atoms with Gasteiger partial charge in [-0.1, -0.05) is 36.3 Å². The van der Waals surface area contributed by atoms with Crippen molar-refractivity contribution < 1.29 is 9.32 Å². The molecule has 3 rings (SSSR count). The molecular formula is C16H16N4O2S. The van der Waals surface area contributed by atoms with Crippen molar-refractivity contribution in [1.29, 1.82) is 0 Å². The van der Waals surface area contributed by atoms with Gasteiger partial charge in [0.15, 0.2) is 5.13 Å². The summed E-state index contributed by atoms with van der Waals surface area (Å²) >= 11 is 1.38. The molecule has 0 aliphatic heterocycles. The Labute approximate surface area is 137 Å². The normalized spacial score (nSPS) is 10.7. The van der Waals surface area contributed by atoms with Crippen LogP contribution in [0.4, 0.5) is 5.13 Å². The van der Waals surface area contributed by atoms with E-state index in [1.165, 1.54) is 16.9 Å². The van der Waals surface area contributed by atoms with Gasteiger partial charge in [0.25, 0.3) is 0 Å². The van der Waals surface area contributed by atoms with Gasteiger partial charge in [-0.3, -0.25) is 4.79 Å². The van der Waals surface area contributed by atoms with Crippen LogP contribution in [-0.4, -0.2) is 21.0 Å². The lowest BCUT2D eigenvalue weighted by molar-refractivity contribution is -0.116. The number of benzene rings is 1. The Morgan fingerprint density at radius 2 is 2.13 bits per heavy atom. The van der Waals surface area contributed by atoms with Crippen LogP contribution >= 0.6 is 11.3 Å². The molecule has 0 saturated carbocycles. The van der Waals surface area contributed by atoms with Crippen molar-refractivity contribution in [2.75, 3.05) is 5.32 Å². The maximum atomic E-state index is 11.8. The molecule has 0 saturated heterocycles. The summed E-state index contributed by atoms with van der Waals surface area (Å²) in [5, 5.41) is 9.09. The zero-order valence-corrected chi connectivity index (χ0v) is 13.5. The molecular weight excluding hydrogens is 312 g/mol. The molecule has 6 nitrogen and oxygen atoms in total. The van der Waals surface area contributed by atoms with Gasteiger partial charge in [0, 0.05) is 30.0 Å². The van der Waals surface area contributed by atoms with Crippen molar-refractivity contribution in [2.24, 2.45) is 0 Å². The van der Waals surface area contributed by atoms with Crippen LogP contribution < -0.4 is 5.32 Å². The van der Waals surface area contributed by atoms with Gasteiger partial charge < -0.3 is 9.84 Å². The van der Waals surface area contributed by atoms with Crippen LogP contribution in [0, 0.1) is 0 Å². The van der Waals surface area contributed by atoms with Crippen molar-refractivity contribution in [3.05, 3.63) is 47.3 Å². The lowest BCUT2D eigenvalue weighted by Gasteiger charge is -1.98. The Bertz CT molecular complexity index is 766. The van der Waals surface area contributed by atoms with Crippen LogP contribution in [0.3, 0.4) is 0 Å². The van der Waals surface area contributed by atoms with E-state index in [4.69, 9.17) is 4.52 Å². The lowest BCUT2D eigenvalue weighted by Crippen LogP contribution is -2.12. The smallest absolute Gasteiger partial charge is 0.227 e. The first kappa shape index (κ1) is 15.4. The fraction of sp³-hybridized carbons (Fsp3) is 0.250. The first-order valence-electron chi connectivity index (χ1n) is 7.36. The fourth-order valence-electron chi connectivity index (χ4n) is 2.05. The molecule has 0 bridgehead atoms. The van der Waals surface area contributed by atoms with Crippen LogP contribution in [0.1, 0.15) is 24.8 Å². The number of hydrogen-bond acceptors (Lipinski definition) is 6. The third-order valence-electron chi connectivity index (χ3n) is 3.33. The monoisotopic (exact) mass is 328 g/mol. The molecule has 7 heteroatoms. The van der Waals surface area contributed by atoms with E-state index < -0.39 is 0 Å². The zero-order chi connectivity index (χ0) is 16.1. The number of carbonyl (C=O) groups is 1. The van der Waals surface area contributed by atoms with Gasteiger partial charge >= 0.3 is 0 Å². The van der Waals surface area contributed by atoms with E-state index in [1.807, 2.05) is 29.6 Å². The van der Waals surface area contributed by atoms with Crippen molar-refractivity contribution in [2.45, 2.75) is 26.2 Å². The SMILES string of the molecule is CCc1ccc(-c2noc(CCC(=O)Nc3nccs3)n2)cc1. The van der Waals surface area contributed by atoms with E-state index in [0.717, 1.165) is 12.0 Å².